The highest BCUT2D eigenvalue weighted by atomic mass is 35.5. The average Bonchev–Trinajstić information content (AvgIpc) is 3.27. The second-order valence-corrected chi connectivity index (χ2v) is 9.98. The van der Waals surface area contributed by atoms with Gasteiger partial charge in [-0.1, -0.05) is 36.5 Å². The van der Waals surface area contributed by atoms with Crippen LogP contribution in [0.2, 0.25) is 10.0 Å². The van der Waals surface area contributed by atoms with Crippen LogP contribution < -0.4 is 14.8 Å². The van der Waals surface area contributed by atoms with E-state index in [2.05, 4.69) is 17.0 Å². The molecule has 1 heterocycles. The highest BCUT2D eigenvalue weighted by Crippen LogP contribution is 2.29. The fourth-order valence-electron chi connectivity index (χ4n) is 3.16. The standard InChI is InChI=1S/C22H26Cl2N2O5S/c1-2-3-10-30-16-8-6-15(7-9-16)26-22(27)18-12-21(20(24)13-19(18)23)32(28,29)25-14-17-5-4-11-31-17/h6-9,12-13,17,25H,2-5,10-11,14H2,1H3,(H,26,27)/t17-/m1/s1. The zero-order valence-corrected chi connectivity index (χ0v) is 20.0. The summed E-state index contributed by atoms with van der Waals surface area (Å²) in [5.41, 5.74) is 0.515. The van der Waals surface area contributed by atoms with Crippen molar-refractivity contribution in [1.29, 1.82) is 0 Å². The second kappa shape index (κ2) is 11.3. The lowest BCUT2D eigenvalue weighted by Crippen LogP contribution is -2.32. The van der Waals surface area contributed by atoms with Crippen molar-refractivity contribution in [1.82, 2.24) is 4.72 Å². The van der Waals surface area contributed by atoms with Crippen LogP contribution in [0.4, 0.5) is 5.69 Å². The molecule has 10 heteroatoms. The van der Waals surface area contributed by atoms with Crippen LogP contribution in [-0.4, -0.2) is 40.2 Å². The van der Waals surface area contributed by atoms with Gasteiger partial charge in [0.05, 0.1) is 28.3 Å². The van der Waals surface area contributed by atoms with Gasteiger partial charge in [-0.2, -0.15) is 0 Å². The third kappa shape index (κ3) is 6.59. The maximum Gasteiger partial charge on any atom is 0.257 e. The Labute approximate surface area is 198 Å². The summed E-state index contributed by atoms with van der Waals surface area (Å²) in [6.07, 6.45) is 3.50. The number of ether oxygens (including phenoxy) is 2. The van der Waals surface area contributed by atoms with E-state index in [1.807, 2.05) is 0 Å². The van der Waals surface area contributed by atoms with E-state index in [1.54, 1.807) is 24.3 Å². The van der Waals surface area contributed by atoms with Crippen LogP contribution in [0.25, 0.3) is 0 Å². The summed E-state index contributed by atoms with van der Waals surface area (Å²) in [5, 5.41) is 2.69. The molecule has 32 heavy (non-hydrogen) atoms. The van der Waals surface area contributed by atoms with Gasteiger partial charge in [0.1, 0.15) is 10.6 Å². The van der Waals surface area contributed by atoms with Gasteiger partial charge < -0.3 is 14.8 Å². The zero-order chi connectivity index (χ0) is 23.1. The van der Waals surface area contributed by atoms with Gasteiger partial charge in [-0.05, 0) is 55.7 Å². The SMILES string of the molecule is CCCCOc1ccc(NC(=O)c2cc(S(=O)(=O)NC[C@H]3CCCO3)c(Cl)cc2Cl)cc1. The Balaban J connectivity index is 1.72. The van der Waals surface area contributed by atoms with Crippen LogP contribution in [0.5, 0.6) is 5.75 Å². The lowest BCUT2D eigenvalue weighted by Gasteiger charge is -2.14. The number of carbonyl (C=O) groups is 1. The van der Waals surface area contributed by atoms with Gasteiger partial charge >= 0.3 is 0 Å². The van der Waals surface area contributed by atoms with E-state index < -0.39 is 15.9 Å². The molecule has 0 unspecified atom stereocenters. The molecule has 1 fully saturated rings. The fraction of sp³-hybridized carbons (Fsp3) is 0.409. The number of hydrogen-bond acceptors (Lipinski definition) is 5. The average molecular weight is 501 g/mol. The van der Waals surface area contributed by atoms with Crippen molar-refractivity contribution in [2.24, 2.45) is 0 Å². The van der Waals surface area contributed by atoms with Gasteiger partial charge in [0.2, 0.25) is 10.0 Å². The smallest absolute Gasteiger partial charge is 0.257 e. The van der Waals surface area contributed by atoms with Gasteiger partial charge in [0.15, 0.2) is 0 Å². The van der Waals surface area contributed by atoms with Crippen molar-refractivity contribution in [3.63, 3.8) is 0 Å². The van der Waals surface area contributed by atoms with E-state index in [0.717, 1.165) is 25.7 Å². The van der Waals surface area contributed by atoms with E-state index >= 15 is 0 Å². The topological polar surface area (TPSA) is 93.7 Å². The normalized spacial score (nSPS) is 16.2. The Morgan fingerprint density at radius 3 is 2.59 bits per heavy atom. The van der Waals surface area contributed by atoms with Crippen molar-refractivity contribution in [3.05, 3.63) is 52.0 Å². The highest BCUT2D eigenvalue weighted by molar-refractivity contribution is 7.89. The largest absolute Gasteiger partial charge is 0.494 e. The molecule has 0 bridgehead atoms. The van der Waals surface area contributed by atoms with E-state index in [1.165, 1.54) is 12.1 Å². The lowest BCUT2D eigenvalue weighted by molar-refractivity contribution is 0.102. The molecular weight excluding hydrogens is 475 g/mol. The maximum atomic E-state index is 12.8. The summed E-state index contributed by atoms with van der Waals surface area (Å²) in [4.78, 5) is 12.6. The Kier molecular flexibility index (Phi) is 8.79. The van der Waals surface area contributed by atoms with Crippen molar-refractivity contribution in [2.75, 3.05) is 25.1 Å². The van der Waals surface area contributed by atoms with Crippen molar-refractivity contribution in [3.8, 4) is 5.75 Å². The Hall–Kier alpha value is -1.84. The first-order valence-electron chi connectivity index (χ1n) is 10.4. The molecule has 1 aliphatic rings. The predicted molar refractivity (Wildman–Crippen MR) is 125 cm³/mol. The summed E-state index contributed by atoms with van der Waals surface area (Å²) >= 11 is 12.3. The molecule has 1 amide bonds. The predicted octanol–water partition coefficient (Wildman–Crippen LogP) is 4.88. The Bertz CT molecular complexity index is 1040. The first-order chi connectivity index (χ1) is 15.3. The van der Waals surface area contributed by atoms with Crippen LogP contribution in [0.1, 0.15) is 43.0 Å². The molecule has 0 radical (unpaired) electrons. The summed E-state index contributed by atoms with van der Waals surface area (Å²) in [7, 11) is -3.96. The molecule has 0 spiro atoms. The number of unbranched alkanes of at least 4 members (excludes halogenated alkanes) is 1. The Morgan fingerprint density at radius 2 is 1.94 bits per heavy atom. The van der Waals surface area contributed by atoms with Crippen LogP contribution in [0.3, 0.4) is 0 Å². The van der Waals surface area contributed by atoms with Crippen LogP contribution >= 0.6 is 23.2 Å². The number of nitrogens with one attached hydrogen (secondary N) is 2. The van der Waals surface area contributed by atoms with E-state index in [-0.39, 0.29) is 33.2 Å². The molecule has 3 rings (SSSR count). The quantitative estimate of drug-likeness (QED) is 0.453. The highest BCUT2D eigenvalue weighted by Gasteiger charge is 2.25. The summed E-state index contributed by atoms with van der Waals surface area (Å²) in [5.74, 6) is 0.147. The maximum absolute atomic E-state index is 12.8. The molecule has 174 valence electrons. The number of hydrogen-bond donors (Lipinski definition) is 2. The van der Waals surface area contributed by atoms with Crippen molar-refractivity contribution < 1.29 is 22.7 Å². The molecular formula is C22H26Cl2N2O5S. The first kappa shape index (κ1) is 24.8. The van der Waals surface area contributed by atoms with E-state index in [4.69, 9.17) is 32.7 Å². The number of halogens is 2. The molecule has 2 aromatic rings. The minimum Gasteiger partial charge on any atom is -0.494 e. The van der Waals surface area contributed by atoms with Crippen LogP contribution in [0, 0.1) is 0 Å². The molecule has 2 N–H and O–H groups in total. The monoisotopic (exact) mass is 500 g/mol. The third-order valence-corrected chi connectivity index (χ3v) is 7.16. The van der Waals surface area contributed by atoms with E-state index in [0.29, 0.717) is 24.7 Å². The number of amides is 1. The molecule has 1 aliphatic heterocycles. The van der Waals surface area contributed by atoms with Gasteiger partial charge in [0, 0.05) is 18.8 Å². The molecule has 0 aromatic heterocycles. The molecule has 7 nitrogen and oxygen atoms in total. The van der Waals surface area contributed by atoms with Gasteiger partial charge in [-0.25, -0.2) is 13.1 Å². The lowest BCUT2D eigenvalue weighted by atomic mass is 10.2. The van der Waals surface area contributed by atoms with Gasteiger partial charge in [-0.15, -0.1) is 0 Å². The molecule has 1 atom stereocenters. The number of carbonyl (C=O) groups excluding carboxylic acids is 1. The first-order valence-corrected chi connectivity index (χ1v) is 12.7. The molecule has 0 saturated carbocycles. The van der Waals surface area contributed by atoms with E-state index in [9.17, 15) is 13.2 Å². The Morgan fingerprint density at radius 1 is 1.19 bits per heavy atom. The third-order valence-electron chi connectivity index (χ3n) is 4.96. The molecule has 1 saturated heterocycles. The second-order valence-electron chi connectivity index (χ2n) is 7.43. The molecule has 2 aromatic carbocycles. The summed E-state index contributed by atoms with van der Waals surface area (Å²) in [6.45, 7) is 3.46. The minimum absolute atomic E-state index is 0.00293. The number of anilines is 1. The minimum atomic E-state index is -3.96. The van der Waals surface area contributed by atoms with Crippen LogP contribution in [-0.2, 0) is 14.8 Å². The van der Waals surface area contributed by atoms with Gasteiger partial charge in [0.25, 0.3) is 5.91 Å². The van der Waals surface area contributed by atoms with Crippen LogP contribution in [0.15, 0.2) is 41.3 Å². The van der Waals surface area contributed by atoms with Gasteiger partial charge in [-0.3, -0.25) is 4.79 Å². The summed E-state index contributed by atoms with van der Waals surface area (Å²) < 4.78 is 39.1. The van der Waals surface area contributed by atoms with Crippen molar-refractivity contribution in [2.45, 2.75) is 43.6 Å². The number of rotatable bonds is 10. The zero-order valence-electron chi connectivity index (χ0n) is 17.7. The number of sulfonamides is 1. The number of benzene rings is 2. The fourth-order valence-corrected chi connectivity index (χ4v) is 5.09. The molecule has 0 aliphatic carbocycles. The summed E-state index contributed by atoms with van der Waals surface area (Å²) in [6, 6.07) is 9.33. The van der Waals surface area contributed by atoms with Crippen molar-refractivity contribution >= 4 is 44.8 Å².